The maximum absolute atomic E-state index is 7.43. The molecule has 3 N–H and O–H groups in total. The summed E-state index contributed by atoms with van der Waals surface area (Å²) in [5.74, 6) is 0. The summed E-state index contributed by atoms with van der Waals surface area (Å²) >= 11 is 1.41. The maximum atomic E-state index is 7.43. The molecule has 0 aliphatic carbocycles. The Morgan fingerprint density at radius 1 is 1.22 bits per heavy atom. The van der Waals surface area contributed by atoms with Gasteiger partial charge in [-0.3, -0.25) is 5.41 Å². The normalized spacial score (nSPS) is 13.1. The number of hydrogen-bond donors (Lipinski definition) is 2. The van der Waals surface area contributed by atoms with Gasteiger partial charge in [-0.25, -0.2) is 0 Å². The van der Waals surface area contributed by atoms with Gasteiger partial charge in [0.2, 0.25) is 0 Å². The van der Waals surface area contributed by atoms with E-state index < -0.39 is 0 Å². The standard InChI is InChI=1S/C12H19N3S.2ClH/c1-9(15(2)3)11(16-12(13)14)10-7-5-4-6-8-10;;/h4-9,11H,1-3H3,(H3,13,14);2*1H/t9-,11+;;/m0../s1. The highest BCUT2D eigenvalue weighted by molar-refractivity contribution is 8.13. The summed E-state index contributed by atoms with van der Waals surface area (Å²) in [7, 11) is 4.09. The number of amidine groups is 1. The summed E-state index contributed by atoms with van der Waals surface area (Å²) in [6, 6.07) is 10.5. The predicted octanol–water partition coefficient (Wildman–Crippen LogP) is 3.15. The zero-order valence-electron chi connectivity index (χ0n) is 10.8. The SMILES string of the molecule is C[C@@H]([C@@H](SC(=N)N)c1ccccc1)N(C)C.Cl.Cl. The monoisotopic (exact) mass is 309 g/mol. The third-order valence-electron chi connectivity index (χ3n) is 2.63. The van der Waals surface area contributed by atoms with Gasteiger partial charge in [0.1, 0.15) is 0 Å². The van der Waals surface area contributed by atoms with Gasteiger partial charge < -0.3 is 10.6 Å². The van der Waals surface area contributed by atoms with E-state index in [1.807, 2.05) is 32.3 Å². The van der Waals surface area contributed by atoms with Crippen molar-refractivity contribution in [2.24, 2.45) is 5.73 Å². The quantitative estimate of drug-likeness (QED) is 0.663. The lowest BCUT2D eigenvalue weighted by Crippen LogP contribution is -2.31. The van der Waals surface area contributed by atoms with E-state index in [2.05, 4.69) is 24.0 Å². The molecule has 0 heterocycles. The van der Waals surface area contributed by atoms with E-state index in [0.29, 0.717) is 6.04 Å². The van der Waals surface area contributed by atoms with Crippen molar-refractivity contribution >= 4 is 41.7 Å². The third-order valence-corrected chi connectivity index (χ3v) is 3.81. The van der Waals surface area contributed by atoms with Gasteiger partial charge in [-0.05, 0) is 26.6 Å². The van der Waals surface area contributed by atoms with Crippen molar-refractivity contribution in [2.45, 2.75) is 18.2 Å². The van der Waals surface area contributed by atoms with E-state index in [4.69, 9.17) is 11.1 Å². The van der Waals surface area contributed by atoms with E-state index in [1.165, 1.54) is 17.3 Å². The highest BCUT2D eigenvalue weighted by atomic mass is 35.5. The van der Waals surface area contributed by atoms with Crippen LogP contribution >= 0.6 is 36.6 Å². The summed E-state index contributed by atoms with van der Waals surface area (Å²) in [6.45, 7) is 2.15. The minimum Gasteiger partial charge on any atom is -0.379 e. The number of likely N-dealkylation sites (N-methyl/N-ethyl adjacent to an activating group) is 1. The van der Waals surface area contributed by atoms with Crippen molar-refractivity contribution < 1.29 is 0 Å². The molecule has 104 valence electrons. The van der Waals surface area contributed by atoms with E-state index >= 15 is 0 Å². The van der Waals surface area contributed by atoms with Gasteiger partial charge in [0.05, 0.1) is 5.25 Å². The van der Waals surface area contributed by atoms with Crippen molar-refractivity contribution in [2.75, 3.05) is 14.1 Å². The lowest BCUT2D eigenvalue weighted by atomic mass is 10.1. The number of nitrogens with one attached hydrogen (secondary N) is 1. The van der Waals surface area contributed by atoms with Crippen LogP contribution < -0.4 is 5.73 Å². The summed E-state index contributed by atoms with van der Waals surface area (Å²) in [5.41, 5.74) is 6.71. The molecule has 0 saturated carbocycles. The average molecular weight is 310 g/mol. The number of rotatable bonds is 4. The predicted molar refractivity (Wildman–Crippen MR) is 86.3 cm³/mol. The molecule has 0 spiro atoms. The molecule has 1 aromatic carbocycles. The number of nitrogens with two attached hydrogens (primary N) is 1. The fourth-order valence-corrected chi connectivity index (χ4v) is 2.50. The van der Waals surface area contributed by atoms with Crippen LogP contribution in [0.3, 0.4) is 0 Å². The van der Waals surface area contributed by atoms with Crippen molar-refractivity contribution in [3.05, 3.63) is 35.9 Å². The zero-order chi connectivity index (χ0) is 12.1. The first-order chi connectivity index (χ1) is 7.52. The summed E-state index contributed by atoms with van der Waals surface area (Å²) < 4.78 is 0. The molecule has 3 nitrogen and oxygen atoms in total. The highest BCUT2D eigenvalue weighted by Crippen LogP contribution is 2.33. The molecule has 0 bridgehead atoms. The second kappa shape index (κ2) is 9.50. The molecule has 0 aromatic heterocycles. The van der Waals surface area contributed by atoms with Crippen LogP contribution in [0.1, 0.15) is 17.7 Å². The smallest absolute Gasteiger partial charge is 0.151 e. The molecule has 18 heavy (non-hydrogen) atoms. The van der Waals surface area contributed by atoms with E-state index in [9.17, 15) is 0 Å². The number of thioether (sulfide) groups is 1. The van der Waals surface area contributed by atoms with Crippen LogP contribution in [0.4, 0.5) is 0 Å². The first-order valence-corrected chi connectivity index (χ1v) is 6.12. The topological polar surface area (TPSA) is 53.1 Å². The number of hydrogen-bond acceptors (Lipinski definition) is 3. The molecule has 0 unspecified atom stereocenters. The Morgan fingerprint density at radius 3 is 2.11 bits per heavy atom. The van der Waals surface area contributed by atoms with Crippen molar-refractivity contribution in [1.29, 1.82) is 5.41 Å². The second-order valence-corrected chi connectivity index (χ2v) is 5.20. The average Bonchev–Trinajstić information content (AvgIpc) is 2.26. The van der Waals surface area contributed by atoms with Crippen LogP contribution in [0.2, 0.25) is 0 Å². The maximum Gasteiger partial charge on any atom is 0.151 e. The van der Waals surface area contributed by atoms with Crippen LogP contribution in [0.5, 0.6) is 0 Å². The van der Waals surface area contributed by atoms with Crippen LogP contribution in [0, 0.1) is 5.41 Å². The van der Waals surface area contributed by atoms with Gasteiger partial charge in [0.15, 0.2) is 5.17 Å². The minimum atomic E-state index is 0. The van der Waals surface area contributed by atoms with Crippen LogP contribution in [-0.4, -0.2) is 30.2 Å². The molecule has 0 aliphatic heterocycles. The fraction of sp³-hybridized carbons (Fsp3) is 0.417. The highest BCUT2D eigenvalue weighted by Gasteiger charge is 2.22. The number of nitrogens with zero attached hydrogens (tertiary/aromatic N) is 1. The molecule has 0 saturated heterocycles. The van der Waals surface area contributed by atoms with Crippen LogP contribution in [0.15, 0.2) is 30.3 Å². The number of halogens is 2. The minimum absolute atomic E-state index is 0. The van der Waals surface area contributed by atoms with Crippen molar-refractivity contribution in [3.8, 4) is 0 Å². The van der Waals surface area contributed by atoms with E-state index in [1.54, 1.807) is 0 Å². The third kappa shape index (κ3) is 5.96. The van der Waals surface area contributed by atoms with Gasteiger partial charge in [0, 0.05) is 6.04 Å². The Labute approximate surface area is 126 Å². The molecule has 0 amide bonds. The van der Waals surface area contributed by atoms with Gasteiger partial charge in [0.25, 0.3) is 0 Å². The Balaban J connectivity index is 0. The molecule has 2 atom stereocenters. The zero-order valence-corrected chi connectivity index (χ0v) is 13.2. The summed E-state index contributed by atoms with van der Waals surface area (Å²) in [5, 5.41) is 7.80. The molecule has 0 fully saturated rings. The lowest BCUT2D eigenvalue weighted by Gasteiger charge is -2.28. The Hall–Kier alpha value is -0.420. The van der Waals surface area contributed by atoms with E-state index in [0.717, 1.165) is 0 Å². The Bertz CT molecular complexity index is 346. The molecule has 0 aliphatic rings. The molecular weight excluding hydrogens is 289 g/mol. The van der Waals surface area contributed by atoms with Crippen molar-refractivity contribution in [1.82, 2.24) is 4.90 Å². The van der Waals surface area contributed by atoms with Crippen LogP contribution in [-0.2, 0) is 0 Å². The van der Waals surface area contributed by atoms with Gasteiger partial charge in [-0.2, -0.15) is 0 Å². The largest absolute Gasteiger partial charge is 0.379 e. The molecule has 6 heteroatoms. The number of benzene rings is 1. The lowest BCUT2D eigenvalue weighted by molar-refractivity contribution is 0.309. The fourth-order valence-electron chi connectivity index (χ4n) is 1.50. The summed E-state index contributed by atoms with van der Waals surface area (Å²) in [6.07, 6.45) is 0. The van der Waals surface area contributed by atoms with Crippen molar-refractivity contribution in [3.63, 3.8) is 0 Å². The molecule has 1 rings (SSSR count). The first-order valence-electron chi connectivity index (χ1n) is 5.24. The second-order valence-electron chi connectivity index (χ2n) is 4.02. The Kier molecular flexibility index (Phi) is 10.5. The molecular formula is C12H21Cl2N3S. The van der Waals surface area contributed by atoms with Gasteiger partial charge in [-0.15, -0.1) is 24.8 Å². The van der Waals surface area contributed by atoms with Gasteiger partial charge in [-0.1, -0.05) is 42.1 Å². The summed E-state index contributed by atoms with van der Waals surface area (Å²) in [4.78, 5) is 2.15. The Morgan fingerprint density at radius 2 is 1.72 bits per heavy atom. The van der Waals surface area contributed by atoms with Crippen LogP contribution in [0.25, 0.3) is 0 Å². The molecule has 0 radical (unpaired) electrons. The first kappa shape index (κ1) is 19.9. The molecule has 1 aromatic rings. The van der Waals surface area contributed by atoms with Gasteiger partial charge >= 0.3 is 0 Å². The van der Waals surface area contributed by atoms with E-state index in [-0.39, 0.29) is 35.2 Å².